The fourth-order valence-corrected chi connectivity index (χ4v) is 2.18. The fourth-order valence-electron chi connectivity index (χ4n) is 1.41. The Morgan fingerprint density at radius 3 is 2.59 bits per heavy atom. The normalized spacial score (nSPS) is 10.4. The van der Waals surface area contributed by atoms with Gasteiger partial charge >= 0.3 is 0 Å². The molecule has 0 aliphatic rings. The van der Waals surface area contributed by atoms with Crippen molar-refractivity contribution in [2.75, 3.05) is 12.4 Å². The molecule has 0 spiro atoms. The third-order valence-corrected chi connectivity index (χ3v) is 3.85. The Bertz CT molecular complexity index is 555. The Hall–Kier alpha value is -0.940. The van der Waals surface area contributed by atoms with Crippen molar-refractivity contribution in [1.29, 1.82) is 0 Å². The van der Waals surface area contributed by atoms with Crippen molar-refractivity contribution in [2.24, 2.45) is 0 Å². The molecule has 5 heteroatoms. The molecule has 1 N–H and O–H groups in total. The number of halogens is 2. The first-order chi connectivity index (χ1) is 8.11. The van der Waals surface area contributed by atoms with E-state index in [-0.39, 0.29) is 0 Å². The number of rotatable bonds is 2. The van der Waals surface area contributed by atoms with E-state index in [0.29, 0.717) is 5.82 Å². The van der Waals surface area contributed by atoms with Gasteiger partial charge in [-0.05, 0) is 34.5 Å². The predicted octanol–water partition coefficient (Wildman–Crippen LogP) is 4.02. The highest BCUT2D eigenvalue weighted by Gasteiger charge is 2.06. The van der Waals surface area contributed by atoms with Gasteiger partial charge in [0.2, 0.25) is 0 Å². The van der Waals surface area contributed by atoms with Crippen molar-refractivity contribution < 1.29 is 0 Å². The molecule has 0 saturated heterocycles. The van der Waals surface area contributed by atoms with Crippen LogP contribution in [0.5, 0.6) is 0 Å². The minimum Gasteiger partial charge on any atom is -0.372 e. The maximum Gasteiger partial charge on any atom is 0.161 e. The molecule has 2 rings (SSSR count). The second-order valence-corrected chi connectivity index (χ2v) is 5.31. The molecule has 2 aromatic rings. The van der Waals surface area contributed by atoms with Gasteiger partial charge in [-0.15, -0.1) is 0 Å². The molecule has 1 aromatic heterocycles. The number of aromatic nitrogens is 2. The zero-order valence-corrected chi connectivity index (χ0v) is 12.6. The maximum absolute atomic E-state index is 4.44. The van der Waals surface area contributed by atoms with Crippen LogP contribution in [0.25, 0.3) is 11.4 Å². The van der Waals surface area contributed by atoms with Crippen molar-refractivity contribution >= 4 is 37.7 Å². The fraction of sp³-hybridized carbons (Fsp3) is 0.167. The van der Waals surface area contributed by atoms with Gasteiger partial charge in [0.25, 0.3) is 0 Å². The van der Waals surface area contributed by atoms with Gasteiger partial charge in [0.1, 0.15) is 5.82 Å². The lowest BCUT2D eigenvalue weighted by molar-refractivity contribution is 1.15. The van der Waals surface area contributed by atoms with E-state index in [1.807, 2.05) is 25.2 Å². The first-order valence-electron chi connectivity index (χ1n) is 5.08. The summed E-state index contributed by atoms with van der Waals surface area (Å²) in [6.45, 7) is 2.05. The molecule has 0 saturated carbocycles. The van der Waals surface area contributed by atoms with Gasteiger partial charge in [0, 0.05) is 23.3 Å². The van der Waals surface area contributed by atoms with Gasteiger partial charge in [0.05, 0.1) is 4.47 Å². The first kappa shape index (κ1) is 12.5. The average Bonchev–Trinajstić information content (AvgIpc) is 2.33. The highest BCUT2D eigenvalue weighted by Crippen LogP contribution is 2.26. The van der Waals surface area contributed by atoms with Crippen molar-refractivity contribution in [3.63, 3.8) is 0 Å². The molecular weight excluding hydrogens is 346 g/mol. The Morgan fingerprint density at radius 1 is 1.18 bits per heavy atom. The molecule has 0 bridgehead atoms. The highest BCUT2D eigenvalue weighted by molar-refractivity contribution is 9.10. The van der Waals surface area contributed by atoms with Crippen LogP contribution in [0.4, 0.5) is 5.82 Å². The van der Waals surface area contributed by atoms with Crippen LogP contribution in [0, 0.1) is 6.92 Å². The van der Waals surface area contributed by atoms with E-state index in [4.69, 9.17) is 0 Å². The zero-order chi connectivity index (χ0) is 12.4. The summed E-state index contributed by atoms with van der Waals surface area (Å²) in [7, 11) is 1.84. The smallest absolute Gasteiger partial charge is 0.161 e. The Kier molecular flexibility index (Phi) is 3.79. The van der Waals surface area contributed by atoms with Crippen LogP contribution in [-0.2, 0) is 0 Å². The molecule has 88 valence electrons. The summed E-state index contributed by atoms with van der Waals surface area (Å²) in [5.74, 6) is 1.49. The third-order valence-electron chi connectivity index (χ3n) is 2.41. The number of nitrogens with one attached hydrogen (secondary N) is 1. The first-order valence-corrected chi connectivity index (χ1v) is 6.67. The largest absolute Gasteiger partial charge is 0.372 e. The lowest BCUT2D eigenvalue weighted by atomic mass is 10.1. The molecule has 3 nitrogen and oxygen atoms in total. The third kappa shape index (κ3) is 2.66. The van der Waals surface area contributed by atoms with Gasteiger partial charge in [0.15, 0.2) is 5.82 Å². The van der Waals surface area contributed by atoms with Gasteiger partial charge < -0.3 is 5.32 Å². The van der Waals surface area contributed by atoms with Gasteiger partial charge in [-0.2, -0.15) is 0 Å². The van der Waals surface area contributed by atoms with E-state index < -0.39 is 0 Å². The summed E-state index contributed by atoms with van der Waals surface area (Å²) in [4.78, 5) is 8.75. The summed E-state index contributed by atoms with van der Waals surface area (Å²) in [5, 5.41) is 3.02. The van der Waals surface area contributed by atoms with E-state index in [1.165, 1.54) is 5.56 Å². The summed E-state index contributed by atoms with van der Waals surface area (Å²) >= 11 is 6.91. The van der Waals surface area contributed by atoms with Gasteiger partial charge in [-0.1, -0.05) is 28.1 Å². The minimum absolute atomic E-state index is 0.707. The molecule has 0 aliphatic carbocycles. The summed E-state index contributed by atoms with van der Waals surface area (Å²) in [6, 6.07) is 6.09. The predicted molar refractivity (Wildman–Crippen MR) is 77.2 cm³/mol. The van der Waals surface area contributed by atoms with E-state index in [2.05, 4.69) is 54.1 Å². The summed E-state index contributed by atoms with van der Waals surface area (Å²) in [5.41, 5.74) is 2.19. The number of hydrogen-bond acceptors (Lipinski definition) is 3. The standard InChI is InChI=1S/C12H11Br2N3/c1-7-3-4-8(5-9(7)13)11-16-6-10(14)12(15-2)17-11/h3-6H,1-2H3,(H,15,16,17). The number of anilines is 1. The SMILES string of the molecule is CNc1nc(-c2ccc(C)c(Br)c2)ncc1Br. The highest BCUT2D eigenvalue weighted by atomic mass is 79.9. The molecule has 0 unspecified atom stereocenters. The molecular formula is C12H11Br2N3. The molecule has 0 fully saturated rings. The number of aryl methyl sites for hydroxylation is 1. The van der Waals surface area contributed by atoms with Crippen LogP contribution in [0.15, 0.2) is 33.3 Å². The molecule has 0 amide bonds. The minimum atomic E-state index is 0.707. The lowest BCUT2D eigenvalue weighted by Gasteiger charge is -2.06. The average molecular weight is 357 g/mol. The van der Waals surface area contributed by atoms with E-state index in [9.17, 15) is 0 Å². The van der Waals surface area contributed by atoms with Crippen LogP contribution in [0.1, 0.15) is 5.56 Å². The molecule has 1 aromatic carbocycles. The van der Waals surface area contributed by atoms with Crippen molar-refractivity contribution in [3.05, 3.63) is 38.9 Å². The van der Waals surface area contributed by atoms with E-state index in [1.54, 1.807) is 6.20 Å². The van der Waals surface area contributed by atoms with Crippen LogP contribution in [-0.4, -0.2) is 17.0 Å². The Balaban J connectivity index is 2.49. The van der Waals surface area contributed by atoms with E-state index >= 15 is 0 Å². The molecule has 1 heterocycles. The summed E-state index contributed by atoms with van der Waals surface area (Å²) in [6.07, 6.45) is 1.75. The molecule has 0 aliphatic heterocycles. The van der Waals surface area contributed by atoms with Crippen LogP contribution >= 0.6 is 31.9 Å². The quantitative estimate of drug-likeness (QED) is 0.883. The monoisotopic (exact) mass is 355 g/mol. The van der Waals surface area contributed by atoms with E-state index in [0.717, 1.165) is 20.3 Å². The molecule has 0 radical (unpaired) electrons. The second-order valence-electron chi connectivity index (χ2n) is 3.60. The van der Waals surface area contributed by atoms with Gasteiger partial charge in [-0.3, -0.25) is 0 Å². The zero-order valence-electron chi connectivity index (χ0n) is 9.46. The van der Waals surface area contributed by atoms with Crippen molar-refractivity contribution in [3.8, 4) is 11.4 Å². The van der Waals surface area contributed by atoms with Crippen LogP contribution in [0.3, 0.4) is 0 Å². The summed E-state index contributed by atoms with van der Waals surface area (Å²) < 4.78 is 1.92. The van der Waals surface area contributed by atoms with Crippen LogP contribution < -0.4 is 5.32 Å². The van der Waals surface area contributed by atoms with Crippen molar-refractivity contribution in [2.45, 2.75) is 6.92 Å². The number of hydrogen-bond donors (Lipinski definition) is 1. The maximum atomic E-state index is 4.44. The van der Waals surface area contributed by atoms with Crippen molar-refractivity contribution in [1.82, 2.24) is 9.97 Å². The topological polar surface area (TPSA) is 37.8 Å². The Morgan fingerprint density at radius 2 is 1.94 bits per heavy atom. The number of nitrogens with zero attached hydrogens (tertiary/aromatic N) is 2. The second kappa shape index (κ2) is 5.14. The molecule has 0 atom stereocenters. The van der Waals surface area contributed by atoms with Crippen LogP contribution in [0.2, 0.25) is 0 Å². The Labute approximate surface area is 117 Å². The number of benzene rings is 1. The lowest BCUT2D eigenvalue weighted by Crippen LogP contribution is -1.97. The van der Waals surface area contributed by atoms with Gasteiger partial charge in [-0.25, -0.2) is 9.97 Å². The molecule has 17 heavy (non-hydrogen) atoms.